The number of aromatic amines is 1. The van der Waals surface area contributed by atoms with Crippen molar-refractivity contribution < 1.29 is 17.9 Å². The van der Waals surface area contributed by atoms with Crippen LogP contribution in [0.15, 0.2) is 66.7 Å². The molecule has 0 bridgehead atoms. The van der Waals surface area contributed by atoms with E-state index in [1.807, 2.05) is 36.4 Å². The third-order valence-corrected chi connectivity index (χ3v) is 4.66. The molecule has 0 aliphatic rings. The SMILES string of the molecule is CCNc1cccc(-c2ccc3nc(COc4ccc(C(F)(F)F)cc4)[nH]c3c2)c1. The molecule has 0 atom stereocenters. The first-order chi connectivity index (χ1) is 14.4. The predicted molar refractivity (Wildman–Crippen MR) is 111 cm³/mol. The fraction of sp³-hybridized carbons (Fsp3) is 0.174. The number of rotatable bonds is 6. The molecular formula is C23H20F3N3O. The van der Waals surface area contributed by atoms with Gasteiger partial charge in [0, 0.05) is 12.2 Å². The van der Waals surface area contributed by atoms with E-state index in [1.54, 1.807) is 0 Å². The summed E-state index contributed by atoms with van der Waals surface area (Å²) in [5, 5.41) is 3.30. The molecule has 0 aliphatic carbocycles. The van der Waals surface area contributed by atoms with E-state index in [2.05, 4.69) is 28.3 Å². The Kier molecular flexibility index (Phi) is 5.35. The van der Waals surface area contributed by atoms with Gasteiger partial charge in [0.25, 0.3) is 0 Å². The third kappa shape index (κ3) is 4.40. The minimum absolute atomic E-state index is 0.130. The van der Waals surface area contributed by atoms with E-state index in [9.17, 15) is 13.2 Å². The van der Waals surface area contributed by atoms with Crippen LogP contribution < -0.4 is 10.1 Å². The molecule has 0 saturated carbocycles. The van der Waals surface area contributed by atoms with Crippen molar-refractivity contribution >= 4 is 16.7 Å². The van der Waals surface area contributed by atoms with Gasteiger partial charge in [-0.1, -0.05) is 18.2 Å². The van der Waals surface area contributed by atoms with Gasteiger partial charge < -0.3 is 15.0 Å². The van der Waals surface area contributed by atoms with Crippen LogP contribution in [0.2, 0.25) is 0 Å². The Morgan fingerprint density at radius 2 is 1.73 bits per heavy atom. The van der Waals surface area contributed by atoms with Crippen molar-refractivity contribution in [3.05, 3.63) is 78.1 Å². The highest BCUT2D eigenvalue weighted by molar-refractivity contribution is 5.82. The average molecular weight is 411 g/mol. The fourth-order valence-electron chi connectivity index (χ4n) is 3.22. The van der Waals surface area contributed by atoms with Gasteiger partial charge in [0.15, 0.2) is 0 Å². The molecule has 0 fully saturated rings. The highest BCUT2D eigenvalue weighted by Crippen LogP contribution is 2.30. The summed E-state index contributed by atoms with van der Waals surface area (Å²) in [4.78, 5) is 7.71. The molecule has 3 aromatic carbocycles. The number of nitrogens with one attached hydrogen (secondary N) is 2. The lowest BCUT2D eigenvalue weighted by atomic mass is 10.0. The second kappa shape index (κ2) is 8.10. The highest BCUT2D eigenvalue weighted by atomic mass is 19.4. The summed E-state index contributed by atoms with van der Waals surface area (Å²) < 4.78 is 43.5. The number of halogens is 3. The molecule has 4 nitrogen and oxygen atoms in total. The van der Waals surface area contributed by atoms with Crippen molar-refractivity contribution in [1.82, 2.24) is 9.97 Å². The maximum Gasteiger partial charge on any atom is 0.416 e. The smallest absolute Gasteiger partial charge is 0.416 e. The Morgan fingerprint density at radius 1 is 0.967 bits per heavy atom. The second-order valence-electron chi connectivity index (χ2n) is 6.84. The Balaban J connectivity index is 1.49. The summed E-state index contributed by atoms with van der Waals surface area (Å²) in [7, 11) is 0. The van der Waals surface area contributed by atoms with Gasteiger partial charge in [-0.2, -0.15) is 13.2 Å². The van der Waals surface area contributed by atoms with E-state index in [4.69, 9.17) is 4.74 Å². The van der Waals surface area contributed by atoms with E-state index < -0.39 is 11.7 Å². The zero-order valence-corrected chi connectivity index (χ0v) is 16.3. The van der Waals surface area contributed by atoms with Crippen LogP contribution in [-0.2, 0) is 12.8 Å². The molecule has 1 heterocycles. The van der Waals surface area contributed by atoms with Gasteiger partial charge in [0.05, 0.1) is 16.6 Å². The van der Waals surface area contributed by atoms with Crippen LogP contribution in [0.5, 0.6) is 5.75 Å². The Bertz CT molecular complexity index is 1150. The van der Waals surface area contributed by atoms with Crippen LogP contribution in [0.1, 0.15) is 18.3 Å². The minimum Gasteiger partial charge on any atom is -0.486 e. The van der Waals surface area contributed by atoms with Crippen LogP contribution in [-0.4, -0.2) is 16.5 Å². The maximum absolute atomic E-state index is 12.6. The van der Waals surface area contributed by atoms with Crippen LogP contribution >= 0.6 is 0 Å². The number of ether oxygens (including phenoxy) is 1. The lowest BCUT2D eigenvalue weighted by Crippen LogP contribution is -2.04. The molecule has 0 radical (unpaired) electrons. The number of nitrogens with zero attached hydrogens (tertiary/aromatic N) is 1. The zero-order chi connectivity index (χ0) is 21.1. The Morgan fingerprint density at radius 3 is 2.47 bits per heavy atom. The lowest BCUT2D eigenvalue weighted by Gasteiger charge is -2.08. The van der Waals surface area contributed by atoms with Gasteiger partial charge in [-0.3, -0.25) is 0 Å². The molecule has 4 aromatic rings. The molecule has 0 spiro atoms. The molecule has 0 amide bonds. The van der Waals surface area contributed by atoms with Gasteiger partial charge in [-0.25, -0.2) is 4.98 Å². The minimum atomic E-state index is -4.36. The number of benzene rings is 3. The number of anilines is 1. The van der Waals surface area contributed by atoms with Crippen molar-refractivity contribution in [2.24, 2.45) is 0 Å². The molecule has 2 N–H and O–H groups in total. The Hall–Kier alpha value is -3.48. The third-order valence-electron chi connectivity index (χ3n) is 4.66. The van der Waals surface area contributed by atoms with Crippen molar-refractivity contribution in [2.45, 2.75) is 19.7 Å². The van der Waals surface area contributed by atoms with E-state index in [1.165, 1.54) is 12.1 Å². The van der Waals surface area contributed by atoms with Crippen molar-refractivity contribution in [3.8, 4) is 16.9 Å². The lowest BCUT2D eigenvalue weighted by molar-refractivity contribution is -0.137. The van der Waals surface area contributed by atoms with E-state index in [-0.39, 0.29) is 6.61 Å². The van der Waals surface area contributed by atoms with Crippen LogP contribution in [0.4, 0.5) is 18.9 Å². The predicted octanol–water partition coefficient (Wildman–Crippen LogP) is 6.26. The number of hydrogen-bond acceptors (Lipinski definition) is 3. The van der Waals surface area contributed by atoms with Gasteiger partial charge in [-0.15, -0.1) is 0 Å². The van der Waals surface area contributed by atoms with Crippen molar-refractivity contribution in [3.63, 3.8) is 0 Å². The number of H-pyrrole nitrogens is 1. The summed E-state index contributed by atoms with van der Waals surface area (Å²) in [5.41, 5.74) is 4.17. The van der Waals surface area contributed by atoms with Crippen LogP contribution in [0.25, 0.3) is 22.2 Å². The van der Waals surface area contributed by atoms with E-state index >= 15 is 0 Å². The largest absolute Gasteiger partial charge is 0.486 e. The standard InChI is InChI=1S/C23H20F3N3O/c1-2-27-18-5-3-4-15(12-18)16-6-11-20-21(13-16)29-22(28-20)14-30-19-9-7-17(8-10-19)23(24,25)26/h3-13,27H,2,14H2,1H3,(H,28,29). The number of aromatic nitrogens is 2. The average Bonchev–Trinajstić information content (AvgIpc) is 3.14. The van der Waals surface area contributed by atoms with Gasteiger partial charge in [0.1, 0.15) is 18.2 Å². The first kappa shape index (κ1) is 19.8. The molecule has 154 valence electrons. The number of imidazole rings is 1. The zero-order valence-electron chi connectivity index (χ0n) is 16.3. The van der Waals surface area contributed by atoms with E-state index in [0.717, 1.165) is 46.5 Å². The van der Waals surface area contributed by atoms with Crippen LogP contribution in [0, 0.1) is 0 Å². The fourth-order valence-corrected chi connectivity index (χ4v) is 3.22. The second-order valence-corrected chi connectivity index (χ2v) is 6.84. The molecule has 4 rings (SSSR count). The number of hydrogen-bond donors (Lipinski definition) is 2. The molecule has 0 aliphatic heterocycles. The molecule has 0 saturated heterocycles. The van der Waals surface area contributed by atoms with Gasteiger partial charge in [-0.05, 0) is 66.6 Å². The summed E-state index contributed by atoms with van der Waals surface area (Å²) in [6.45, 7) is 3.04. The summed E-state index contributed by atoms with van der Waals surface area (Å²) in [6, 6.07) is 18.8. The molecule has 30 heavy (non-hydrogen) atoms. The molecule has 7 heteroatoms. The highest BCUT2D eigenvalue weighted by Gasteiger charge is 2.30. The quantitative estimate of drug-likeness (QED) is 0.394. The number of fused-ring (bicyclic) bond motifs is 1. The first-order valence-corrected chi connectivity index (χ1v) is 9.55. The normalized spacial score (nSPS) is 11.6. The van der Waals surface area contributed by atoms with Crippen molar-refractivity contribution in [1.29, 1.82) is 0 Å². The maximum atomic E-state index is 12.6. The summed E-state index contributed by atoms with van der Waals surface area (Å²) in [5.74, 6) is 0.952. The summed E-state index contributed by atoms with van der Waals surface area (Å²) >= 11 is 0. The topological polar surface area (TPSA) is 49.9 Å². The first-order valence-electron chi connectivity index (χ1n) is 9.55. The number of alkyl halides is 3. The van der Waals surface area contributed by atoms with Crippen molar-refractivity contribution in [2.75, 3.05) is 11.9 Å². The summed E-state index contributed by atoms with van der Waals surface area (Å²) in [6.07, 6.45) is -4.36. The van der Waals surface area contributed by atoms with E-state index in [0.29, 0.717) is 11.6 Å². The van der Waals surface area contributed by atoms with Gasteiger partial charge >= 0.3 is 6.18 Å². The molecule has 1 aromatic heterocycles. The van der Waals surface area contributed by atoms with Crippen LogP contribution in [0.3, 0.4) is 0 Å². The Labute approximate surface area is 171 Å². The monoisotopic (exact) mass is 411 g/mol. The van der Waals surface area contributed by atoms with Gasteiger partial charge in [0.2, 0.25) is 0 Å². The molecule has 0 unspecified atom stereocenters. The molecular weight excluding hydrogens is 391 g/mol.